The van der Waals surface area contributed by atoms with Gasteiger partial charge in [-0.3, -0.25) is 0 Å². The van der Waals surface area contributed by atoms with E-state index in [0.717, 1.165) is 27.7 Å². The van der Waals surface area contributed by atoms with Crippen LogP contribution in [0.25, 0.3) is 10.6 Å². The summed E-state index contributed by atoms with van der Waals surface area (Å²) in [5, 5.41) is 3.04. The second-order valence-electron chi connectivity index (χ2n) is 3.73. The monoisotopic (exact) mass is 302 g/mol. The fraction of sp³-hybridized carbons (Fsp3) is 0.364. The van der Waals surface area contributed by atoms with Gasteiger partial charge in [0.1, 0.15) is 22.4 Å². The summed E-state index contributed by atoms with van der Waals surface area (Å²) in [6, 6.07) is 0. The molecule has 96 valence electrons. The van der Waals surface area contributed by atoms with Crippen molar-refractivity contribution in [3.05, 3.63) is 14.7 Å². The molecule has 18 heavy (non-hydrogen) atoms. The van der Waals surface area contributed by atoms with Crippen LogP contribution < -0.4 is 15.2 Å². The Hall–Kier alpha value is -0.820. The van der Waals surface area contributed by atoms with Crippen molar-refractivity contribution in [3.63, 3.8) is 0 Å². The third kappa shape index (κ3) is 2.09. The predicted molar refractivity (Wildman–Crippen MR) is 74.2 cm³/mol. The molecule has 0 radical (unpaired) electrons. The number of fused-ring (bicyclic) bond motifs is 1. The van der Waals surface area contributed by atoms with Gasteiger partial charge in [-0.05, 0) is 6.54 Å². The van der Waals surface area contributed by atoms with E-state index in [1.54, 1.807) is 11.3 Å². The Morgan fingerprint density at radius 2 is 2.11 bits per heavy atom. The first kappa shape index (κ1) is 12.2. The van der Waals surface area contributed by atoms with Crippen LogP contribution in [0.1, 0.15) is 5.01 Å². The maximum absolute atomic E-state index is 6.15. The van der Waals surface area contributed by atoms with Crippen LogP contribution in [0.15, 0.2) is 5.38 Å². The molecule has 2 aromatic heterocycles. The van der Waals surface area contributed by atoms with Gasteiger partial charge in [0.2, 0.25) is 0 Å². The van der Waals surface area contributed by atoms with Crippen molar-refractivity contribution >= 4 is 34.3 Å². The molecule has 0 aromatic carbocycles. The number of halogens is 1. The molecule has 1 aliphatic heterocycles. The van der Waals surface area contributed by atoms with Gasteiger partial charge >= 0.3 is 0 Å². The van der Waals surface area contributed by atoms with E-state index in [4.69, 9.17) is 26.8 Å². The minimum absolute atomic E-state index is 0.540. The van der Waals surface area contributed by atoms with E-state index in [-0.39, 0.29) is 0 Å². The molecular formula is C11H11ClN2O2S2. The highest BCUT2D eigenvalue weighted by molar-refractivity contribution is 7.20. The van der Waals surface area contributed by atoms with Crippen molar-refractivity contribution in [2.45, 2.75) is 6.42 Å². The van der Waals surface area contributed by atoms with Crippen LogP contribution in [-0.2, 0) is 6.42 Å². The van der Waals surface area contributed by atoms with Gasteiger partial charge in [0.15, 0.2) is 11.5 Å². The maximum Gasteiger partial charge on any atom is 0.191 e. The molecule has 2 N–H and O–H groups in total. The Balaban J connectivity index is 2.00. The lowest BCUT2D eigenvalue weighted by molar-refractivity contribution is 0.174. The third-order valence-corrected chi connectivity index (χ3v) is 4.78. The lowest BCUT2D eigenvalue weighted by atomic mass is 10.3. The molecule has 0 fully saturated rings. The van der Waals surface area contributed by atoms with Crippen LogP contribution in [0.2, 0.25) is 4.34 Å². The van der Waals surface area contributed by atoms with Gasteiger partial charge in [0.25, 0.3) is 0 Å². The van der Waals surface area contributed by atoms with Crippen molar-refractivity contribution in [2.24, 2.45) is 5.73 Å². The van der Waals surface area contributed by atoms with Crippen LogP contribution in [0.4, 0.5) is 0 Å². The SMILES string of the molecule is NCCc1nc(-c2sc(Cl)c3c2OCCO3)cs1. The van der Waals surface area contributed by atoms with Crippen LogP contribution in [-0.4, -0.2) is 24.7 Å². The Bertz CT molecular complexity index is 567. The molecule has 0 aliphatic carbocycles. The largest absolute Gasteiger partial charge is 0.484 e. The minimum Gasteiger partial charge on any atom is -0.484 e. The van der Waals surface area contributed by atoms with Crippen molar-refractivity contribution < 1.29 is 9.47 Å². The Morgan fingerprint density at radius 1 is 1.33 bits per heavy atom. The van der Waals surface area contributed by atoms with Crippen LogP contribution >= 0.6 is 34.3 Å². The molecule has 1 aliphatic rings. The van der Waals surface area contributed by atoms with Gasteiger partial charge in [0.05, 0.1) is 10.7 Å². The smallest absolute Gasteiger partial charge is 0.191 e. The normalized spacial score (nSPS) is 13.9. The van der Waals surface area contributed by atoms with E-state index in [9.17, 15) is 0 Å². The third-order valence-electron chi connectivity index (χ3n) is 2.50. The second kappa shape index (κ2) is 5.05. The molecule has 0 amide bonds. The van der Waals surface area contributed by atoms with Gasteiger partial charge < -0.3 is 15.2 Å². The van der Waals surface area contributed by atoms with E-state index in [2.05, 4.69) is 4.98 Å². The standard InChI is InChI=1S/C11H11ClN2O2S2/c12-11-9-8(15-3-4-16-9)10(18-11)6-5-17-7(14-6)1-2-13/h5H,1-4,13H2. The van der Waals surface area contributed by atoms with Crippen molar-refractivity contribution in [2.75, 3.05) is 19.8 Å². The van der Waals surface area contributed by atoms with Gasteiger partial charge in [-0.1, -0.05) is 11.6 Å². The van der Waals surface area contributed by atoms with E-state index < -0.39 is 0 Å². The topological polar surface area (TPSA) is 57.4 Å². The quantitative estimate of drug-likeness (QED) is 0.947. The number of thiazole rings is 1. The van der Waals surface area contributed by atoms with Gasteiger partial charge in [-0.25, -0.2) is 4.98 Å². The molecule has 3 rings (SSSR count). The first-order valence-corrected chi connectivity index (χ1v) is 7.59. The number of nitrogens with zero attached hydrogens (tertiary/aromatic N) is 1. The van der Waals surface area contributed by atoms with Crippen LogP contribution in [0.5, 0.6) is 11.5 Å². The lowest BCUT2D eigenvalue weighted by Crippen LogP contribution is -2.14. The Kier molecular flexibility index (Phi) is 3.43. The van der Waals surface area contributed by atoms with Crippen molar-refractivity contribution in [1.82, 2.24) is 4.98 Å². The number of thiophene rings is 1. The molecule has 3 heterocycles. The number of rotatable bonds is 3. The van der Waals surface area contributed by atoms with Gasteiger partial charge in [-0.2, -0.15) is 0 Å². The summed E-state index contributed by atoms with van der Waals surface area (Å²) in [6.07, 6.45) is 0.795. The average Bonchev–Trinajstić information content (AvgIpc) is 2.96. The molecule has 0 bridgehead atoms. The Morgan fingerprint density at radius 3 is 2.89 bits per heavy atom. The molecule has 0 saturated carbocycles. The lowest BCUT2D eigenvalue weighted by Gasteiger charge is -2.15. The summed E-state index contributed by atoms with van der Waals surface area (Å²) in [5.74, 6) is 1.37. The zero-order chi connectivity index (χ0) is 12.5. The highest BCUT2D eigenvalue weighted by atomic mass is 35.5. The zero-order valence-electron chi connectivity index (χ0n) is 9.44. The number of ether oxygens (including phenoxy) is 2. The molecule has 0 atom stereocenters. The summed E-state index contributed by atoms with van der Waals surface area (Å²) in [5.41, 5.74) is 6.42. The maximum atomic E-state index is 6.15. The van der Waals surface area contributed by atoms with E-state index in [1.807, 2.05) is 5.38 Å². The predicted octanol–water partition coefficient (Wildman–Crippen LogP) is 2.80. The van der Waals surface area contributed by atoms with E-state index >= 15 is 0 Å². The summed E-state index contributed by atoms with van der Waals surface area (Å²) >= 11 is 9.20. The van der Waals surface area contributed by atoms with Crippen LogP contribution in [0.3, 0.4) is 0 Å². The average molecular weight is 303 g/mol. The van der Waals surface area contributed by atoms with Gasteiger partial charge in [0, 0.05) is 11.8 Å². The summed E-state index contributed by atoms with van der Waals surface area (Å²) in [6.45, 7) is 1.70. The first-order chi connectivity index (χ1) is 8.79. The van der Waals surface area contributed by atoms with Gasteiger partial charge in [-0.15, -0.1) is 22.7 Å². The molecule has 0 spiro atoms. The van der Waals surface area contributed by atoms with Crippen molar-refractivity contribution in [1.29, 1.82) is 0 Å². The number of hydrogen-bond donors (Lipinski definition) is 1. The highest BCUT2D eigenvalue weighted by Gasteiger charge is 2.25. The highest BCUT2D eigenvalue weighted by Crippen LogP contribution is 2.51. The van der Waals surface area contributed by atoms with E-state index in [1.165, 1.54) is 11.3 Å². The van der Waals surface area contributed by atoms with E-state index in [0.29, 0.717) is 29.8 Å². The molecular weight excluding hydrogens is 292 g/mol. The van der Waals surface area contributed by atoms with Crippen LogP contribution in [0, 0.1) is 0 Å². The molecule has 0 saturated heterocycles. The summed E-state index contributed by atoms with van der Waals surface area (Å²) in [7, 11) is 0. The number of aromatic nitrogens is 1. The fourth-order valence-corrected chi connectivity index (χ4v) is 3.87. The minimum atomic E-state index is 0.540. The molecule has 2 aromatic rings. The molecule has 0 unspecified atom stereocenters. The first-order valence-electron chi connectivity index (χ1n) is 5.52. The molecule has 4 nitrogen and oxygen atoms in total. The summed E-state index contributed by atoms with van der Waals surface area (Å²) < 4.78 is 11.8. The molecule has 7 heteroatoms. The Labute approximate surface area is 117 Å². The number of hydrogen-bond acceptors (Lipinski definition) is 6. The number of nitrogens with two attached hydrogens (primary N) is 1. The fourth-order valence-electron chi connectivity index (χ4n) is 1.74. The second-order valence-corrected chi connectivity index (χ2v) is 6.29. The van der Waals surface area contributed by atoms with Crippen molar-refractivity contribution in [3.8, 4) is 22.1 Å². The summed E-state index contributed by atoms with van der Waals surface area (Å²) in [4.78, 5) is 5.49. The zero-order valence-corrected chi connectivity index (χ0v) is 11.8.